The molecule has 1 aliphatic rings. The van der Waals surface area contributed by atoms with Gasteiger partial charge in [-0.05, 0) is 61.3 Å². The zero-order valence-electron chi connectivity index (χ0n) is 16.2. The average molecular weight is 413 g/mol. The van der Waals surface area contributed by atoms with E-state index in [1.807, 2.05) is 31.2 Å². The standard InChI is InChI=1S/C22H24N2O2S2/c1-14-9-10-16-17(12-14)22(27)28-21(18(16)13-23)24-20(25)8-5-11-26-19-7-4-3-6-15(19)2/h3-4,6-7,14H,5,8-12H2,1-2H3,(H,24,25). The highest BCUT2D eigenvalue weighted by atomic mass is 32.1. The number of benzene rings is 1. The first kappa shape index (κ1) is 20.5. The number of rotatable bonds is 6. The molecular weight excluding hydrogens is 388 g/mol. The van der Waals surface area contributed by atoms with Crippen molar-refractivity contribution in [1.29, 1.82) is 5.26 Å². The lowest BCUT2D eigenvalue weighted by molar-refractivity contribution is -0.116. The molecule has 1 aliphatic carbocycles. The minimum absolute atomic E-state index is 0.111. The second-order valence-electron chi connectivity index (χ2n) is 7.28. The predicted octanol–water partition coefficient (Wildman–Crippen LogP) is 5.58. The highest BCUT2D eigenvalue weighted by Gasteiger charge is 2.23. The summed E-state index contributed by atoms with van der Waals surface area (Å²) in [4.78, 5) is 12.4. The van der Waals surface area contributed by atoms with Gasteiger partial charge in [0, 0.05) is 6.42 Å². The molecule has 2 aromatic rings. The number of hydrogen-bond acceptors (Lipinski definition) is 5. The number of nitrogens with one attached hydrogen (secondary N) is 1. The highest BCUT2D eigenvalue weighted by Crippen LogP contribution is 2.36. The molecule has 1 aromatic heterocycles. The normalized spacial score (nSPS) is 15.4. The van der Waals surface area contributed by atoms with E-state index in [4.69, 9.17) is 17.0 Å². The number of amides is 1. The van der Waals surface area contributed by atoms with Crippen molar-refractivity contribution in [1.82, 2.24) is 0 Å². The van der Waals surface area contributed by atoms with E-state index < -0.39 is 0 Å². The summed E-state index contributed by atoms with van der Waals surface area (Å²) in [5.74, 6) is 1.32. The van der Waals surface area contributed by atoms with Gasteiger partial charge < -0.3 is 10.1 Å². The van der Waals surface area contributed by atoms with Crippen LogP contribution < -0.4 is 10.1 Å². The molecule has 1 aromatic carbocycles. The van der Waals surface area contributed by atoms with Crippen molar-refractivity contribution in [3.8, 4) is 11.8 Å². The number of para-hydroxylation sites is 1. The molecule has 1 heterocycles. The van der Waals surface area contributed by atoms with Gasteiger partial charge in [-0.15, -0.1) is 11.3 Å². The molecule has 0 saturated heterocycles. The molecule has 1 unspecified atom stereocenters. The van der Waals surface area contributed by atoms with Crippen molar-refractivity contribution < 1.29 is 9.53 Å². The lowest BCUT2D eigenvalue weighted by Crippen LogP contribution is -2.17. The summed E-state index contributed by atoms with van der Waals surface area (Å²) in [5.41, 5.74) is 3.82. The number of nitrogens with zero attached hydrogens (tertiary/aromatic N) is 1. The van der Waals surface area contributed by atoms with Crippen LogP contribution in [0.15, 0.2) is 24.3 Å². The van der Waals surface area contributed by atoms with E-state index in [0.717, 1.165) is 45.5 Å². The molecule has 3 rings (SSSR count). The Labute approximate surface area is 175 Å². The van der Waals surface area contributed by atoms with Crippen molar-refractivity contribution in [3.05, 3.63) is 50.3 Å². The van der Waals surface area contributed by atoms with E-state index in [2.05, 4.69) is 18.3 Å². The van der Waals surface area contributed by atoms with Gasteiger partial charge in [0.15, 0.2) is 0 Å². The fraction of sp³-hybridized carbons (Fsp3) is 0.409. The molecule has 1 N–H and O–H groups in total. The summed E-state index contributed by atoms with van der Waals surface area (Å²) in [5, 5.41) is 13.2. The second-order valence-corrected chi connectivity index (χ2v) is 8.96. The zero-order valence-corrected chi connectivity index (χ0v) is 17.8. The van der Waals surface area contributed by atoms with E-state index in [1.54, 1.807) is 0 Å². The summed E-state index contributed by atoms with van der Waals surface area (Å²) in [6.07, 6.45) is 3.77. The molecule has 0 aliphatic heterocycles. The third kappa shape index (κ3) is 4.78. The summed E-state index contributed by atoms with van der Waals surface area (Å²) in [6.45, 7) is 4.68. The maximum atomic E-state index is 12.4. The monoisotopic (exact) mass is 412 g/mol. The number of carbonyl (C=O) groups is 1. The maximum absolute atomic E-state index is 12.4. The molecule has 6 heteroatoms. The molecule has 1 amide bonds. The number of aryl methyl sites for hydroxylation is 1. The van der Waals surface area contributed by atoms with Gasteiger partial charge in [0.1, 0.15) is 16.8 Å². The van der Waals surface area contributed by atoms with Crippen molar-refractivity contribution in [2.24, 2.45) is 5.92 Å². The number of anilines is 1. The van der Waals surface area contributed by atoms with Crippen LogP contribution in [0.5, 0.6) is 5.75 Å². The van der Waals surface area contributed by atoms with Crippen molar-refractivity contribution in [3.63, 3.8) is 0 Å². The number of fused-ring (bicyclic) bond motifs is 1. The Kier molecular flexibility index (Phi) is 6.82. The summed E-state index contributed by atoms with van der Waals surface area (Å²) < 4.78 is 6.53. The number of nitriles is 1. The Balaban J connectivity index is 1.61. The molecule has 1 atom stereocenters. The molecule has 0 spiro atoms. The number of ether oxygens (including phenoxy) is 1. The molecule has 0 bridgehead atoms. The van der Waals surface area contributed by atoms with Crippen LogP contribution in [0.2, 0.25) is 0 Å². The first-order valence-electron chi connectivity index (χ1n) is 9.56. The number of carbonyl (C=O) groups excluding carboxylic acids is 1. The second kappa shape index (κ2) is 9.31. The first-order chi connectivity index (χ1) is 13.5. The Morgan fingerprint density at radius 2 is 2.18 bits per heavy atom. The van der Waals surface area contributed by atoms with Gasteiger partial charge >= 0.3 is 0 Å². The van der Waals surface area contributed by atoms with Crippen molar-refractivity contribution >= 4 is 34.5 Å². The predicted molar refractivity (Wildman–Crippen MR) is 116 cm³/mol. The van der Waals surface area contributed by atoms with Crippen LogP contribution in [0, 0.1) is 28.0 Å². The third-order valence-corrected chi connectivity index (χ3v) is 6.48. The molecule has 28 heavy (non-hydrogen) atoms. The first-order valence-corrected chi connectivity index (χ1v) is 10.8. The lowest BCUT2D eigenvalue weighted by Gasteiger charge is -2.23. The van der Waals surface area contributed by atoms with E-state index in [0.29, 0.717) is 35.9 Å². The topological polar surface area (TPSA) is 62.1 Å². The van der Waals surface area contributed by atoms with Crippen LogP contribution in [-0.2, 0) is 17.6 Å². The lowest BCUT2D eigenvalue weighted by atomic mass is 9.85. The van der Waals surface area contributed by atoms with Crippen LogP contribution in [0.4, 0.5) is 5.00 Å². The highest BCUT2D eigenvalue weighted by molar-refractivity contribution is 7.73. The van der Waals surface area contributed by atoms with Gasteiger partial charge in [-0.1, -0.05) is 37.3 Å². The van der Waals surface area contributed by atoms with Crippen LogP contribution in [0.1, 0.15) is 48.4 Å². The van der Waals surface area contributed by atoms with Gasteiger partial charge in [0.05, 0.1) is 16.0 Å². The SMILES string of the molecule is Cc1ccccc1OCCCC(=O)Nc1sc(=S)c2c(c1C#N)CCC(C)C2. The largest absolute Gasteiger partial charge is 0.493 e. The van der Waals surface area contributed by atoms with Gasteiger partial charge in [-0.2, -0.15) is 5.26 Å². The van der Waals surface area contributed by atoms with Gasteiger partial charge in [-0.25, -0.2) is 0 Å². The summed E-state index contributed by atoms with van der Waals surface area (Å²) in [6, 6.07) is 10.1. The molecule has 146 valence electrons. The Morgan fingerprint density at radius 1 is 1.39 bits per heavy atom. The Hall–Kier alpha value is -2.23. The van der Waals surface area contributed by atoms with Gasteiger partial charge in [-0.3, -0.25) is 4.79 Å². The fourth-order valence-electron chi connectivity index (χ4n) is 3.47. The third-order valence-electron chi connectivity index (χ3n) is 5.04. The van der Waals surface area contributed by atoms with Crippen LogP contribution in [0.3, 0.4) is 0 Å². The van der Waals surface area contributed by atoms with E-state index in [9.17, 15) is 10.1 Å². The molecule has 0 fully saturated rings. The van der Waals surface area contributed by atoms with Gasteiger partial charge in [0.2, 0.25) is 5.91 Å². The summed E-state index contributed by atoms with van der Waals surface area (Å²) in [7, 11) is 0. The fourth-order valence-corrected chi connectivity index (χ4v) is 4.88. The van der Waals surface area contributed by atoms with Gasteiger partial charge in [0.25, 0.3) is 0 Å². The van der Waals surface area contributed by atoms with E-state index >= 15 is 0 Å². The molecular formula is C22H24N2O2S2. The molecule has 4 nitrogen and oxygen atoms in total. The molecule has 0 radical (unpaired) electrons. The minimum Gasteiger partial charge on any atom is -0.493 e. The van der Waals surface area contributed by atoms with Crippen LogP contribution in [0.25, 0.3) is 0 Å². The Bertz CT molecular complexity index is 975. The van der Waals surface area contributed by atoms with E-state index in [-0.39, 0.29) is 5.91 Å². The summed E-state index contributed by atoms with van der Waals surface area (Å²) >= 11 is 6.89. The minimum atomic E-state index is -0.111. The van der Waals surface area contributed by atoms with Crippen molar-refractivity contribution in [2.75, 3.05) is 11.9 Å². The van der Waals surface area contributed by atoms with Crippen LogP contribution in [-0.4, -0.2) is 12.5 Å². The van der Waals surface area contributed by atoms with Crippen LogP contribution >= 0.6 is 23.6 Å². The Morgan fingerprint density at radius 3 is 2.93 bits per heavy atom. The maximum Gasteiger partial charge on any atom is 0.225 e. The molecule has 0 saturated carbocycles. The number of hydrogen-bond donors (Lipinski definition) is 1. The van der Waals surface area contributed by atoms with Crippen molar-refractivity contribution in [2.45, 2.75) is 46.0 Å². The van der Waals surface area contributed by atoms with E-state index in [1.165, 1.54) is 11.3 Å². The average Bonchev–Trinajstić information content (AvgIpc) is 2.67. The smallest absolute Gasteiger partial charge is 0.225 e. The quantitative estimate of drug-likeness (QED) is 0.497. The zero-order chi connectivity index (χ0) is 20.1.